The van der Waals surface area contributed by atoms with Gasteiger partial charge in [0.1, 0.15) is 18.0 Å². The average Bonchev–Trinajstić information content (AvgIpc) is 2.63. The van der Waals surface area contributed by atoms with E-state index in [2.05, 4.69) is 25.2 Å². The molecule has 0 bridgehead atoms. The summed E-state index contributed by atoms with van der Waals surface area (Å²) in [5.74, 6) is 1.68. The number of nitrogens with zero attached hydrogens (tertiary/aromatic N) is 4. The van der Waals surface area contributed by atoms with Crippen LogP contribution in [0, 0.1) is 0 Å². The zero-order chi connectivity index (χ0) is 15.5. The minimum absolute atomic E-state index is 0.736. The molecule has 0 spiro atoms. The van der Waals surface area contributed by atoms with Crippen molar-refractivity contribution in [3.63, 3.8) is 0 Å². The van der Waals surface area contributed by atoms with Gasteiger partial charge in [-0.3, -0.25) is 4.98 Å². The predicted molar refractivity (Wildman–Crippen MR) is 90.1 cm³/mol. The highest BCUT2D eigenvalue weighted by atomic mass is 16.5. The molecule has 0 unspecified atom stereocenters. The lowest BCUT2D eigenvalue weighted by Crippen LogP contribution is -2.36. The highest BCUT2D eigenvalue weighted by Crippen LogP contribution is 2.25. The first-order valence-electron chi connectivity index (χ1n) is 7.66. The van der Waals surface area contributed by atoms with Gasteiger partial charge in [0.05, 0.1) is 24.4 Å². The van der Waals surface area contributed by atoms with Crippen LogP contribution in [0.25, 0.3) is 10.9 Å². The molecule has 0 radical (unpaired) electrons. The molecule has 3 aromatic rings. The summed E-state index contributed by atoms with van der Waals surface area (Å²) in [4.78, 5) is 15.4. The van der Waals surface area contributed by atoms with Crippen molar-refractivity contribution in [1.82, 2.24) is 15.0 Å². The van der Waals surface area contributed by atoms with Crippen molar-refractivity contribution in [3.05, 3.63) is 48.9 Å². The molecule has 116 valence electrons. The number of benzene rings is 1. The highest BCUT2D eigenvalue weighted by Gasteiger charge is 2.13. The van der Waals surface area contributed by atoms with Crippen LogP contribution in [-0.2, 0) is 4.74 Å². The fourth-order valence-corrected chi connectivity index (χ4v) is 2.72. The van der Waals surface area contributed by atoms with E-state index in [-0.39, 0.29) is 0 Å². The van der Waals surface area contributed by atoms with Crippen molar-refractivity contribution < 1.29 is 4.74 Å². The van der Waals surface area contributed by atoms with E-state index in [4.69, 9.17) is 4.74 Å². The first-order valence-corrected chi connectivity index (χ1v) is 7.66. The van der Waals surface area contributed by atoms with Gasteiger partial charge >= 0.3 is 0 Å². The van der Waals surface area contributed by atoms with Gasteiger partial charge in [-0.2, -0.15) is 0 Å². The van der Waals surface area contributed by atoms with Crippen molar-refractivity contribution >= 4 is 28.2 Å². The second-order valence-electron chi connectivity index (χ2n) is 5.37. The molecule has 3 heterocycles. The first-order chi connectivity index (χ1) is 11.4. The molecule has 6 nitrogen and oxygen atoms in total. The van der Waals surface area contributed by atoms with Crippen LogP contribution in [0.2, 0.25) is 0 Å². The van der Waals surface area contributed by atoms with Gasteiger partial charge in [0, 0.05) is 30.7 Å². The van der Waals surface area contributed by atoms with Gasteiger partial charge < -0.3 is 15.0 Å². The topological polar surface area (TPSA) is 63.2 Å². The molecule has 1 fully saturated rings. The maximum atomic E-state index is 5.39. The lowest BCUT2D eigenvalue weighted by atomic mass is 10.2. The van der Waals surface area contributed by atoms with Crippen LogP contribution in [0.4, 0.5) is 17.3 Å². The smallest absolute Gasteiger partial charge is 0.135 e. The van der Waals surface area contributed by atoms with E-state index in [1.165, 1.54) is 0 Å². The summed E-state index contributed by atoms with van der Waals surface area (Å²) in [6.45, 7) is 3.18. The molecule has 1 N–H and O–H groups in total. The minimum atomic E-state index is 0.736. The number of hydrogen-bond donors (Lipinski definition) is 1. The molecule has 1 aromatic carbocycles. The van der Waals surface area contributed by atoms with E-state index in [1.807, 2.05) is 36.4 Å². The summed E-state index contributed by atoms with van der Waals surface area (Å²) >= 11 is 0. The zero-order valence-electron chi connectivity index (χ0n) is 12.6. The van der Waals surface area contributed by atoms with Gasteiger partial charge in [-0.1, -0.05) is 18.2 Å². The fraction of sp³-hybridized carbons (Fsp3) is 0.235. The number of para-hydroxylation sites is 1. The molecule has 0 amide bonds. The second kappa shape index (κ2) is 6.18. The van der Waals surface area contributed by atoms with Crippen LogP contribution in [0.3, 0.4) is 0 Å². The lowest BCUT2D eigenvalue weighted by Gasteiger charge is -2.27. The molecule has 4 rings (SSSR count). The quantitative estimate of drug-likeness (QED) is 0.802. The van der Waals surface area contributed by atoms with E-state index in [0.717, 1.165) is 54.5 Å². The van der Waals surface area contributed by atoms with Gasteiger partial charge in [0.2, 0.25) is 0 Å². The highest BCUT2D eigenvalue weighted by molar-refractivity contribution is 5.91. The molecule has 0 atom stereocenters. The zero-order valence-corrected chi connectivity index (χ0v) is 12.6. The molecule has 2 aromatic heterocycles. The van der Waals surface area contributed by atoms with E-state index in [0.29, 0.717) is 0 Å². The maximum Gasteiger partial charge on any atom is 0.135 e. The predicted octanol–water partition coefficient (Wildman–Crippen LogP) is 2.61. The molecular weight excluding hydrogens is 290 g/mol. The summed E-state index contributed by atoms with van der Waals surface area (Å²) in [7, 11) is 0. The molecule has 1 aliphatic heterocycles. The Morgan fingerprint density at radius 2 is 1.87 bits per heavy atom. The Morgan fingerprint density at radius 1 is 1.00 bits per heavy atom. The second-order valence-corrected chi connectivity index (χ2v) is 5.37. The number of aromatic nitrogens is 3. The standard InChI is InChI=1S/C17H17N5O/c1-3-13-4-2-6-18-17(13)14(5-1)21-15-11-16(20-12-19-15)22-7-9-23-10-8-22/h1-6,11-12H,7-10H2,(H,19,20,21). The third kappa shape index (κ3) is 2.93. The van der Waals surface area contributed by atoms with Crippen LogP contribution in [0.1, 0.15) is 0 Å². The van der Waals surface area contributed by atoms with Crippen LogP contribution in [-0.4, -0.2) is 41.3 Å². The average molecular weight is 307 g/mol. The molecule has 0 saturated carbocycles. The molecule has 6 heteroatoms. The Morgan fingerprint density at radius 3 is 2.78 bits per heavy atom. The Balaban J connectivity index is 1.63. The number of ether oxygens (including phenoxy) is 1. The van der Waals surface area contributed by atoms with Crippen molar-refractivity contribution in [3.8, 4) is 0 Å². The normalized spacial score (nSPS) is 14.9. The van der Waals surface area contributed by atoms with Crippen LogP contribution < -0.4 is 10.2 Å². The van der Waals surface area contributed by atoms with Gasteiger partial charge in [-0.15, -0.1) is 0 Å². The van der Waals surface area contributed by atoms with Gasteiger partial charge in [0.15, 0.2) is 0 Å². The number of anilines is 3. The SMILES string of the molecule is c1cnc2c(Nc3cc(N4CCOCC4)ncn3)cccc2c1. The largest absolute Gasteiger partial charge is 0.378 e. The van der Waals surface area contributed by atoms with Crippen LogP contribution in [0.15, 0.2) is 48.9 Å². The van der Waals surface area contributed by atoms with Crippen LogP contribution in [0.5, 0.6) is 0 Å². The first kappa shape index (κ1) is 13.9. The molecule has 0 aliphatic carbocycles. The molecule has 23 heavy (non-hydrogen) atoms. The Bertz CT molecular complexity index is 811. The minimum Gasteiger partial charge on any atom is -0.378 e. The third-order valence-electron chi connectivity index (χ3n) is 3.88. The Hall–Kier alpha value is -2.73. The van der Waals surface area contributed by atoms with Crippen molar-refractivity contribution in [1.29, 1.82) is 0 Å². The summed E-state index contributed by atoms with van der Waals surface area (Å²) in [6, 6.07) is 12.0. The number of fused-ring (bicyclic) bond motifs is 1. The van der Waals surface area contributed by atoms with Crippen LogP contribution >= 0.6 is 0 Å². The van der Waals surface area contributed by atoms with E-state index in [9.17, 15) is 0 Å². The number of nitrogens with one attached hydrogen (secondary N) is 1. The molecular formula is C17H17N5O. The molecule has 1 aliphatic rings. The summed E-state index contributed by atoms with van der Waals surface area (Å²) in [5.41, 5.74) is 1.87. The third-order valence-corrected chi connectivity index (χ3v) is 3.88. The summed E-state index contributed by atoms with van der Waals surface area (Å²) in [6.07, 6.45) is 3.39. The molecule has 1 saturated heterocycles. The Kier molecular flexibility index (Phi) is 3.73. The van der Waals surface area contributed by atoms with Crippen molar-refractivity contribution in [2.75, 3.05) is 36.5 Å². The van der Waals surface area contributed by atoms with E-state index in [1.54, 1.807) is 12.5 Å². The summed E-state index contributed by atoms with van der Waals surface area (Å²) in [5, 5.41) is 4.45. The van der Waals surface area contributed by atoms with Gasteiger partial charge in [-0.05, 0) is 12.1 Å². The number of pyridine rings is 1. The lowest BCUT2D eigenvalue weighted by molar-refractivity contribution is 0.122. The van der Waals surface area contributed by atoms with Gasteiger partial charge in [-0.25, -0.2) is 9.97 Å². The number of hydrogen-bond acceptors (Lipinski definition) is 6. The van der Waals surface area contributed by atoms with E-state index >= 15 is 0 Å². The number of rotatable bonds is 3. The number of morpholine rings is 1. The van der Waals surface area contributed by atoms with Crippen molar-refractivity contribution in [2.45, 2.75) is 0 Å². The van der Waals surface area contributed by atoms with Crippen molar-refractivity contribution in [2.24, 2.45) is 0 Å². The Labute approximate surface area is 134 Å². The fourth-order valence-electron chi connectivity index (χ4n) is 2.72. The maximum absolute atomic E-state index is 5.39. The van der Waals surface area contributed by atoms with E-state index < -0.39 is 0 Å². The summed E-state index contributed by atoms with van der Waals surface area (Å²) < 4.78 is 5.39. The monoisotopic (exact) mass is 307 g/mol. The van der Waals surface area contributed by atoms with Gasteiger partial charge in [0.25, 0.3) is 0 Å².